The average Bonchev–Trinajstić information content (AvgIpc) is 2.94. The number of piperazine rings is 2. The van der Waals surface area contributed by atoms with Crippen molar-refractivity contribution in [3.8, 4) is 0 Å². The zero-order valence-electron chi connectivity index (χ0n) is 24.0. The second-order valence-electron chi connectivity index (χ2n) is 11.9. The summed E-state index contributed by atoms with van der Waals surface area (Å²) in [6.07, 6.45) is 3.34. The molecule has 4 aliphatic heterocycles. The highest BCUT2D eigenvalue weighted by Gasteiger charge is 2.58. The molecule has 15 heteroatoms. The number of piperidine rings is 1. The van der Waals surface area contributed by atoms with E-state index >= 15 is 0 Å². The molecule has 1 spiro atoms. The summed E-state index contributed by atoms with van der Waals surface area (Å²) in [4.78, 5) is 81.1. The van der Waals surface area contributed by atoms with Crippen molar-refractivity contribution in [2.75, 3.05) is 26.2 Å². The van der Waals surface area contributed by atoms with Gasteiger partial charge in [0.2, 0.25) is 23.6 Å². The summed E-state index contributed by atoms with van der Waals surface area (Å²) < 4.78 is 0. The van der Waals surface area contributed by atoms with E-state index in [0.717, 1.165) is 12.8 Å². The van der Waals surface area contributed by atoms with Crippen molar-refractivity contribution in [1.29, 1.82) is 5.41 Å². The molecule has 0 aliphatic carbocycles. The first kappa shape index (κ1) is 31.3. The number of unbranched alkanes of at least 4 members (excludes halogenated alkanes) is 1. The lowest BCUT2D eigenvalue weighted by molar-refractivity contribution is -0.156. The highest BCUT2D eigenvalue weighted by atomic mass is 16.2. The van der Waals surface area contributed by atoms with Crippen LogP contribution in [0, 0.1) is 16.7 Å². The Morgan fingerprint density at radius 3 is 2.45 bits per heavy atom. The Bertz CT molecular complexity index is 1130. The van der Waals surface area contributed by atoms with Gasteiger partial charge in [-0.05, 0) is 38.5 Å². The molecular weight excluding hydrogens is 546 g/mol. The van der Waals surface area contributed by atoms with Crippen LogP contribution in [0.25, 0.3) is 0 Å². The number of amides is 4. The first-order chi connectivity index (χ1) is 20.0. The number of Topliss-reactive ketones (excluding diaryl/α,β-unsaturated/α-hetero) is 2. The number of nitrogens with one attached hydrogen (secondary N) is 6. The molecule has 2 bridgehead atoms. The summed E-state index contributed by atoms with van der Waals surface area (Å²) in [7, 11) is 0. The number of guanidine groups is 1. The second-order valence-corrected chi connectivity index (χ2v) is 11.9. The Balaban J connectivity index is 1.62. The van der Waals surface area contributed by atoms with Gasteiger partial charge in [-0.3, -0.25) is 39.1 Å². The lowest BCUT2D eigenvalue weighted by Crippen LogP contribution is -2.70. The van der Waals surface area contributed by atoms with E-state index < -0.39 is 53.2 Å². The van der Waals surface area contributed by atoms with Crippen molar-refractivity contribution in [2.45, 2.75) is 88.5 Å². The molecule has 232 valence electrons. The number of rotatable bonds is 10. The number of nitrogens with zero attached hydrogens (tertiary/aromatic N) is 1. The molecule has 0 aromatic heterocycles. The van der Waals surface area contributed by atoms with Gasteiger partial charge in [-0.25, -0.2) is 0 Å². The fraction of sp³-hybridized carbons (Fsp3) is 0.741. The summed E-state index contributed by atoms with van der Waals surface area (Å²) in [5.74, 6) is -3.64. The standard InChI is InChI=1S/C27H43N9O6/c1-2-3-6-15-25(42)35-17(11-32-15)21(38)19-7-8-27(22(39)18-12-36(19)13-20(37)33-18)10-16(23(28)40)34-24(41)14(27)5-4-9-31-26(29)30/h14-19,32H,2-13H2,1H3,(H2,28,40)(H,33,37)(H,34,41)(H,35,42)(H4,29,30,31)/t14-,15+,16-,17-,18-,19?,27?/m1/s1. The van der Waals surface area contributed by atoms with Gasteiger partial charge in [-0.15, -0.1) is 0 Å². The normalized spacial score (nSPS) is 34.8. The molecule has 0 radical (unpaired) electrons. The number of carbonyl (C=O) groups excluding carboxylic acids is 6. The number of fused-ring (bicyclic) bond motifs is 2. The number of nitrogens with two attached hydrogens (primary N) is 2. The van der Waals surface area contributed by atoms with Crippen molar-refractivity contribution < 1.29 is 28.8 Å². The van der Waals surface area contributed by atoms with E-state index in [9.17, 15) is 28.8 Å². The first-order valence-electron chi connectivity index (χ1n) is 14.8. The van der Waals surface area contributed by atoms with E-state index in [0.29, 0.717) is 19.4 Å². The van der Waals surface area contributed by atoms with Crippen molar-refractivity contribution in [2.24, 2.45) is 22.8 Å². The smallest absolute Gasteiger partial charge is 0.240 e. The first-order valence-corrected chi connectivity index (χ1v) is 14.8. The second kappa shape index (κ2) is 13.2. The molecule has 4 heterocycles. The van der Waals surface area contributed by atoms with Crippen LogP contribution in [0.2, 0.25) is 0 Å². The number of ketones is 2. The topological polar surface area (TPSA) is 242 Å². The molecule has 15 nitrogen and oxygen atoms in total. The molecule has 4 amide bonds. The molecular formula is C27H43N9O6. The van der Waals surface area contributed by atoms with Gasteiger partial charge in [0, 0.05) is 25.0 Å². The minimum Gasteiger partial charge on any atom is -0.370 e. The van der Waals surface area contributed by atoms with Gasteiger partial charge in [0.15, 0.2) is 17.5 Å². The van der Waals surface area contributed by atoms with E-state index in [1.54, 1.807) is 4.90 Å². The molecule has 0 aromatic rings. The van der Waals surface area contributed by atoms with Crippen LogP contribution < -0.4 is 38.1 Å². The quantitative estimate of drug-likeness (QED) is 0.0728. The van der Waals surface area contributed by atoms with Crippen LogP contribution in [0.15, 0.2) is 0 Å². The van der Waals surface area contributed by atoms with Gasteiger partial charge in [0.05, 0.1) is 24.5 Å². The average molecular weight is 590 g/mol. The van der Waals surface area contributed by atoms with Crippen LogP contribution in [0.3, 0.4) is 0 Å². The predicted octanol–water partition coefficient (Wildman–Crippen LogP) is -3.03. The lowest BCUT2D eigenvalue weighted by atomic mass is 9.59. The van der Waals surface area contributed by atoms with Crippen LogP contribution in [-0.4, -0.2) is 102 Å². The van der Waals surface area contributed by atoms with Crippen LogP contribution >= 0.6 is 0 Å². The monoisotopic (exact) mass is 589 g/mol. The van der Waals surface area contributed by atoms with Crippen molar-refractivity contribution in [3.05, 3.63) is 0 Å². The highest BCUT2D eigenvalue weighted by Crippen LogP contribution is 2.47. The molecule has 0 aromatic carbocycles. The van der Waals surface area contributed by atoms with E-state index in [1.165, 1.54) is 0 Å². The molecule has 3 unspecified atom stereocenters. The predicted molar refractivity (Wildman–Crippen MR) is 151 cm³/mol. The molecule has 42 heavy (non-hydrogen) atoms. The van der Waals surface area contributed by atoms with Gasteiger partial charge in [-0.1, -0.05) is 19.8 Å². The Morgan fingerprint density at radius 1 is 1.05 bits per heavy atom. The highest BCUT2D eigenvalue weighted by molar-refractivity contribution is 6.02. The Labute approximate surface area is 244 Å². The molecule has 4 fully saturated rings. The molecule has 0 saturated carbocycles. The number of hydrogen-bond donors (Lipinski definition) is 8. The number of primary amides is 1. The maximum Gasteiger partial charge on any atom is 0.240 e. The third kappa shape index (κ3) is 6.56. The molecule has 10 N–H and O–H groups in total. The minimum atomic E-state index is -1.36. The van der Waals surface area contributed by atoms with Crippen LogP contribution in [0.4, 0.5) is 0 Å². The van der Waals surface area contributed by atoms with Crippen molar-refractivity contribution in [1.82, 2.24) is 31.5 Å². The third-order valence-electron chi connectivity index (χ3n) is 9.13. The van der Waals surface area contributed by atoms with Crippen LogP contribution in [0.5, 0.6) is 0 Å². The zero-order valence-corrected chi connectivity index (χ0v) is 24.0. The maximum atomic E-state index is 14.2. The van der Waals surface area contributed by atoms with Gasteiger partial charge >= 0.3 is 0 Å². The van der Waals surface area contributed by atoms with Crippen LogP contribution in [0.1, 0.15) is 58.3 Å². The summed E-state index contributed by atoms with van der Waals surface area (Å²) in [6.45, 7) is 2.57. The van der Waals surface area contributed by atoms with E-state index in [2.05, 4.69) is 26.6 Å². The van der Waals surface area contributed by atoms with Crippen LogP contribution in [-0.2, 0) is 28.8 Å². The number of carbonyl (C=O) groups is 6. The third-order valence-corrected chi connectivity index (χ3v) is 9.13. The number of hydrogen-bond acceptors (Lipinski definition) is 9. The van der Waals surface area contributed by atoms with Gasteiger partial charge in [0.1, 0.15) is 18.1 Å². The Hall–Kier alpha value is -3.59. The summed E-state index contributed by atoms with van der Waals surface area (Å²) >= 11 is 0. The summed E-state index contributed by atoms with van der Waals surface area (Å²) in [5.41, 5.74) is 9.61. The lowest BCUT2D eigenvalue weighted by Gasteiger charge is -2.50. The van der Waals surface area contributed by atoms with E-state index in [1.807, 2.05) is 6.92 Å². The Kier molecular flexibility index (Phi) is 9.82. The fourth-order valence-corrected chi connectivity index (χ4v) is 6.98. The van der Waals surface area contributed by atoms with Gasteiger partial charge < -0.3 is 38.1 Å². The maximum absolute atomic E-state index is 14.2. The summed E-state index contributed by atoms with van der Waals surface area (Å²) in [5, 5.41) is 21.5. The van der Waals surface area contributed by atoms with Gasteiger partial charge in [0.25, 0.3) is 0 Å². The molecule has 4 aliphatic rings. The van der Waals surface area contributed by atoms with Gasteiger partial charge in [-0.2, -0.15) is 0 Å². The van der Waals surface area contributed by atoms with E-state index in [-0.39, 0.29) is 74.8 Å². The summed E-state index contributed by atoms with van der Waals surface area (Å²) in [6, 6.07) is -4.05. The van der Waals surface area contributed by atoms with Crippen molar-refractivity contribution in [3.63, 3.8) is 0 Å². The molecule has 8 atom stereocenters. The molecule has 4 saturated heterocycles. The fourth-order valence-electron chi connectivity index (χ4n) is 6.98. The zero-order chi connectivity index (χ0) is 30.6. The van der Waals surface area contributed by atoms with E-state index in [4.69, 9.17) is 16.9 Å². The minimum absolute atomic E-state index is 0.0498. The largest absolute Gasteiger partial charge is 0.370 e. The van der Waals surface area contributed by atoms with Crippen molar-refractivity contribution >= 4 is 41.2 Å². The molecule has 4 rings (SSSR count). The SMILES string of the molecule is CCCC[C@@H]1NC[C@H](C(=O)C2CCC3(C[C@H](C(N)=O)NC(=O)[C@H]3CCCNC(=N)N)C(=O)[C@H]3CN2CC(=O)N3)NC1=O. The Morgan fingerprint density at radius 2 is 1.79 bits per heavy atom.